The van der Waals surface area contributed by atoms with Gasteiger partial charge in [-0.2, -0.15) is 5.10 Å². The Morgan fingerprint density at radius 1 is 1.32 bits per heavy atom. The van der Waals surface area contributed by atoms with Crippen LogP contribution in [0.15, 0.2) is 6.07 Å². The van der Waals surface area contributed by atoms with Gasteiger partial charge in [0.2, 0.25) is 0 Å². The van der Waals surface area contributed by atoms with Crippen molar-refractivity contribution >= 4 is 0 Å². The maximum Gasteiger partial charge on any atom is 0.0596 e. The van der Waals surface area contributed by atoms with Crippen LogP contribution in [0.25, 0.3) is 0 Å². The summed E-state index contributed by atoms with van der Waals surface area (Å²) in [6, 6.07) is 3.01. The van der Waals surface area contributed by atoms with Crippen LogP contribution in [0.2, 0.25) is 0 Å². The summed E-state index contributed by atoms with van der Waals surface area (Å²) in [5.41, 5.74) is 2.59. The minimum atomic E-state index is 0.733. The van der Waals surface area contributed by atoms with E-state index in [1.54, 1.807) is 0 Å². The van der Waals surface area contributed by atoms with Crippen molar-refractivity contribution in [1.29, 1.82) is 0 Å². The number of nitrogens with zero attached hydrogens (tertiary/aromatic N) is 2. The van der Waals surface area contributed by atoms with Gasteiger partial charge in [0, 0.05) is 18.3 Å². The van der Waals surface area contributed by atoms with Crippen LogP contribution in [0, 0.1) is 12.8 Å². The van der Waals surface area contributed by atoms with Crippen molar-refractivity contribution in [3.8, 4) is 0 Å². The molecule has 2 atom stereocenters. The van der Waals surface area contributed by atoms with Crippen LogP contribution in [0.5, 0.6) is 0 Å². The quantitative estimate of drug-likeness (QED) is 0.826. The molecule has 0 aliphatic heterocycles. The van der Waals surface area contributed by atoms with Gasteiger partial charge in [-0.1, -0.05) is 26.2 Å². The first kappa shape index (κ1) is 14.6. The van der Waals surface area contributed by atoms with Gasteiger partial charge in [0.1, 0.15) is 0 Å². The fraction of sp³-hybridized carbons (Fsp3) is 0.812. The minimum absolute atomic E-state index is 0.733. The molecule has 0 bridgehead atoms. The zero-order valence-electron chi connectivity index (χ0n) is 12.8. The monoisotopic (exact) mass is 263 g/mol. The van der Waals surface area contributed by atoms with Crippen molar-refractivity contribution in [3.63, 3.8) is 0 Å². The summed E-state index contributed by atoms with van der Waals surface area (Å²) in [5, 5.41) is 8.23. The Morgan fingerprint density at radius 3 is 2.84 bits per heavy atom. The molecular weight excluding hydrogens is 234 g/mol. The van der Waals surface area contributed by atoms with Gasteiger partial charge in [0.05, 0.1) is 5.69 Å². The molecule has 3 heteroatoms. The number of nitrogens with one attached hydrogen (secondary N) is 1. The summed E-state index contributed by atoms with van der Waals surface area (Å²) < 4.78 is 2.18. The predicted octanol–water partition coefficient (Wildman–Crippen LogP) is 3.31. The molecule has 0 radical (unpaired) electrons. The molecule has 2 unspecified atom stereocenters. The van der Waals surface area contributed by atoms with Gasteiger partial charge in [-0.25, -0.2) is 0 Å². The second-order valence-corrected chi connectivity index (χ2v) is 5.94. The number of rotatable bonds is 5. The molecule has 1 N–H and O–H groups in total. The molecule has 1 saturated carbocycles. The van der Waals surface area contributed by atoms with E-state index in [0.717, 1.165) is 30.7 Å². The average Bonchev–Trinajstić information content (AvgIpc) is 2.59. The van der Waals surface area contributed by atoms with E-state index >= 15 is 0 Å². The molecule has 19 heavy (non-hydrogen) atoms. The largest absolute Gasteiger partial charge is 0.314 e. The van der Waals surface area contributed by atoms with Crippen LogP contribution in [0.1, 0.15) is 57.3 Å². The van der Waals surface area contributed by atoms with Crippen LogP contribution in [0.4, 0.5) is 0 Å². The molecule has 1 heterocycles. The van der Waals surface area contributed by atoms with E-state index in [2.05, 4.69) is 41.9 Å². The molecule has 0 saturated heterocycles. The van der Waals surface area contributed by atoms with Gasteiger partial charge in [-0.15, -0.1) is 0 Å². The van der Waals surface area contributed by atoms with Gasteiger partial charge in [-0.3, -0.25) is 4.68 Å². The van der Waals surface area contributed by atoms with Crippen LogP contribution in [0.3, 0.4) is 0 Å². The molecule has 1 fully saturated rings. The average molecular weight is 263 g/mol. The van der Waals surface area contributed by atoms with E-state index in [9.17, 15) is 0 Å². The summed E-state index contributed by atoms with van der Waals surface area (Å²) in [6.07, 6.45) is 8.07. The van der Waals surface area contributed by atoms with E-state index in [4.69, 9.17) is 0 Å². The first-order valence-electron chi connectivity index (χ1n) is 7.99. The van der Waals surface area contributed by atoms with E-state index < -0.39 is 0 Å². The smallest absolute Gasteiger partial charge is 0.0596 e. The topological polar surface area (TPSA) is 29.9 Å². The highest BCUT2D eigenvalue weighted by Crippen LogP contribution is 2.26. The van der Waals surface area contributed by atoms with Crippen molar-refractivity contribution in [2.45, 2.75) is 71.9 Å². The predicted molar refractivity (Wildman–Crippen MR) is 80.4 cm³/mol. The Morgan fingerprint density at radius 2 is 2.11 bits per heavy atom. The third kappa shape index (κ3) is 4.07. The minimum Gasteiger partial charge on any atom is -0.314 e. The molecular formula is C16H29N3. The number of aromatic nitrogens is 2. The molecule has 1 aliphatic carbocycles. The van der Waals surface area contributed by atoms with Gasteiger partial charge < -0.3 is 5.32 Å². The first-order chi connectivity index (χ1) is 9.22. The number of hydrogen-bond donors (Lipinski definition) is 1. The highest BCUT2D eigenvalue weighted by Gasteiger charge is 2.21. The highest BCUT2D eigenvalue weighted by molar-refractivity contribution is 5.10. The van der Waals surface area contributed by atoms with Gasteiger partial charge in [0.25, 0.3) is 0 Å². The van der Waals surface area contributed by atoms with E-state index in [0.29, 0.717) is 0 Å². The maximum atomic E-state index is 4.57. The second-order valence-electron chi connectivity index (χ2n) is 5.94. The Balaban J connectivity index is 1.99. The third-order valence-corrected chi connectivity index (χ3v) is 4.31. The summed E-state index contributed by atoms with van der Waals surface area (Å²) in [7, 11) is 0. The van der Waals surface area contributed by atoms with Crippen molar-refractivity contribution < 1.29 is 0 Å². The lowest BCUT2D eigenvalue weighted by molar-refractivity contribution is 0.381. The Hall–Kier alpha value is -0.830. The Bertz CT molecular complexity index is 383. The van der Waals surface area contributed by atoms with Crippen molar-refractivity contribution in [2.75, 3.05) is 6.54 Å². The maximum absolute atomic E-state index is 4.57. The van der Waals surface area contributed by atoms with Gasteiger partial charge >= 0.3 is 0 Å². The molecule has 3 nitrogen and oxygen atoms in total. The van der Waals surface area contributed by atoms with Crippen molar-refractivity contribution in [3.05, 3.63) is 17.5 Å². The molecule has 0 aromatic carbocycles. The lowest BCUT2D eigenvalue weighted by Crippen LogP contribution is -2.30. The van der Waals surface area contributed by atoms with Crippen LogP contribution in [-0.2, 0) is 13.0 Å². The van der Waals surface area contributed by atoms with Crippen molar-refractivity contribution in [2.24, 2.45) is 5.92 Å². The van der Waals surface area contributed by atoms with Gasteiger partial charge in [0.15, 0.2) is 0 Å². The second kappa shape index (κ2) is 7.09. The highest BCUT2D eigenvalue weighted by atomic mass is 15.3. The fourth-order valence-corrected chi connectivity index (χ4v) is 3.45. The fourth-order valence-electron chi connectivity index (χ4n) is 3.45. The lowest BCUT2D eigenvalue weighted by atomic mass is 9.93. The molecule has 1 aromatic heterocycles. The van der Waals surface area contributed by atoms with E-state index in [1.165, 1.54) is 44.2 Å². The molecule has 0 spiro atoms. The summed E-state index contributed by atoms with van der Waals surface area (Å²) in [5.74, 6) is 0.827. The summed E-state index contributed by atoms with van der Waals surface area (Å²) in [6.45, 7) is 8.60. The number of aryl methyl sites for hydroxylation is 2. The number of hydrogen-bond acceptors (Lipinski definition) is 2. The summed E-state index contributed by atoms with van der Waals surface area (Å²) >= 11 is 0. The standard InChI is InChI=1S/C16H29N3/c1-4-17-15-9-7-6-8-14(11-15)12-16-10-13(3)18-19(16)5-2/h10,14-15,17H,4-9,11-12H2,1-3H3. The third-order valence-electron chi connectivity index (χ3n) is 4.31. The van der Waals surface area contributed by atoms with Crippen LogP contribution >= 0.6 is 0 Å². The lowest BCUT2D eigenvalue weighted by Gasteiger charge is -2.21. The molecule has 2 rings (SSSR count). The Labute approximate surface area is 117 Å². The zero-order valence-corrected chi connectivity index (χ0v) is 12.8. The zero-order chi connectivity index (χ0) is 13.7. The normalized spacial score (nSPS) is 24.4. The van der Waals surface area contributed by atoms with E-state index in [1.807, 2.05) is 0 Å². The molecule has 1 aromatic rings. The summed E-state index contributed by atoms with van der Waals surface area (Å²) in [4.78, 5) is 0. The van der Waals surface area contributed by atoms with Crippen molar-refractivity contribution in [1.82, 2.24) is 15.1 Å². The van der Waals surface area contributed by atoms with Crippen LogP contribution in [-0.4, -0.2) is 22.4 Å². The first-order valence-corrected chi connectivity index (χ1v) is 7.99. The van der Waals surface area contributed by atoms with E-state index in [-0.39, 0.29) is 0 Å². The molecule has 108 valence electrons. The van der Waals surface area contributed by atoms with Crippen LogP contribution < -0.4 is 5.32 Å². The molecule has 1 aliphatic rings. The Kier molecular flexibility index (Phi) is 5.44. The van der Waals surface area contributed by atoms with Gasteiger partial charge in [-0.05, 0) is 51.6 Å². The molecule has 0 amide bonds. The SMILES string of the molecule is CCNC1CCCCC(Cc2cc(C)nn2CC)C1.